The lowest BCUT2D eigenvalue weighted by Crippen LogP contribution is -2.47. The van der Waals surface area contributed by atoms with Crippen molar-refractivity contribution in [1.82, 2.24) is 9.62 Å². The van der Waals surface area contributed by atoms with Gasteiger partial charge in [-0.3, -0.25) is 4.79 Å². The van der Waals surface area contributed by atoms with Crippen LogP contribution in [0.1, 0.15) is 44.7 Å². The lowest BCUT2D eigenvalue weighted by Gasteiger charge is -2.32. The summed E-state index contributed by atoms with van der Waals surface area (Å²) in [5, 5.41) is 0. The van der Waals surface area contributed by atoms with Gasteiger partial charge < -0.3 is 9.64 Å². The Morgan fingerprint density at radius 2 is 1.74 bits per heavy atom. The minimum Gasteiger partial charge on any atom is -0.483 e. The number of piperidine rings is 1. The zero-order chi connectivity index (χ0) is 22.6. The Morgan fingerprint density at radius 1 is 1.10 bits per heavy atom. The first-order chi connectivity index (χ1) is 14.6. The number of nitrogens with zero attached hydrogens (tertiary/aromatic N) is 1. The van der Waals surface area contributed by atoms with E-state index in [1.807, 2.05) is 19.1 Å². The largest absolute Gasteiger partial charge is 0.483 e. The van der Waals surface area contributed by atoms with E-state index in [1.54, 1.807) is 35.2 Å². The van der Waals surface area contributed by atoms with Gasteiger partial charge in [0.15, 0.2) is 6.61 Å². The van der Waals surface area contributed by atoms with Gasteiger partial charge in [-0.25, -0.2) is 13.1 Å². The van der Waals surface area contributed by atoms with Crippen molar-refractivity contribution in [1.29, 1.82) is 0 Å². The highest BCUT2D eigenvalue weighted by Gasteiger charge is 2.27. The van der Waals surface area contributed by atoms with E-state index in [0.717, 1.165) is 16.9 Å². The quantitative estimate of drug-likeness (QED) is 0.738. The molecule has 1 amide bonds. The van der Waals surface area contributed by atoms with E-state index in [1.165, 1.54) is 0 Å². The molecule has 0 bridgehead atoms. The van der Waals surface area contributed by atoms with Crippen molar-refractivity contribution in [3.63, 3.8) is 0 Å². The third-order valence-electron chi connectivity index (χ3n) is 5.52. The Hall–Kier alpha value is -2.38. The molecule has 0 saturated carbocycles. The number of carbonyl (C=O) groups is 1. The number of sulfonamides is 1. The predicted octanol–water partition coefficient (Wildman–Crippen LogP) is 3.64. The summed E-state index contributed by atoms with van der Waals surface area (Å²) in [6.07, 6.45) is 1.16. The van der Waals surface area contributed by atoms with E-state index in [2.05, 4.69) is 31.6 Å². The average Bonchev–Trinajstić information content (AvgIpc) is 2.73. The Labute approximate surface area is 185 Å². The van der Waals surface area contributed by atoms with Gasteiger partial charge in [-0.2, -0.15) is 0 Å². The molecule has 1 aliphatic heterocycles. The van der Waals surface area contributed by atoms with Crippen molar-refractivity contribution < 1.29 is 17.9 Å². The average molecular weight is 445 g/mol. The summed E-state index contributed by atoms with van der Waals surface area (Å²) < 4.78 is 33.7. The van der Waals surface area contributed by atoms with Crippen LogP contribution in [0.4, 0.5) is 0 Å². The number of hydrogen-bond donors (Lipinski definition) is 1. The second-order valence-corrected chi connectivity index (χ2v) is 10.8. The minimum atomic E-state index is -3.54. The molecule has 3 rings (SSSR count). The van der Waals surface area contributed by atoms with Crippen LogP contribution < -0.4 is 9.46 Å². The molecule has 1 aliphatic rings. The molecule has 0 spiro atoms. The molecule has 2 aromatic rings. The fraction of sp³-hybridized carbons (Fsp3) is 0.458. The maximum Gasteiger partial charge on any atom is 0.260 e. The summed E-state index contributed by atoms with van der Waals surface area (Å²) in [7, 11) is -3.54. The zero-order valence-electron chi connectivity index (χ0n) is 18.7. The topological polar surface area (TPSA) is 75.7 Å². The van der Waals surface area contributed by atoms with E-state index >= 15 is 0 Å². The van der Waals surface area contributed by atoms with Crippen LogP contribution in [-0.2, 0) is 20.2 Å². The predicted molar refractivity (Wildman–Crippen MR) is 122 cm³/mol. The number of aryl methyl sites for hydroxylation is 1. The van der Waals surface area contributed by atoms with Crippen molar-refractivity contribution in [3.05, 3.63) is 59.7 Å². The molecule has 1 fully saturated rings. The van der Waals surface area contributed by atoms with Gasteiger partial charge in [-0.1, -0.05) is 56.7 Å². The molecular formula is C24H32N2O4S. The molecule has 6 nitrogen and oxygen atoms in total. The van der Waals surface area contributed by atoms with Crippen molar-refractivity contribution in [2.75, 3.05) is 19.7 Å². The van der Waals surface area contributed by atoms with Crippen LogP contribution in [0.2, 0.25) is 0 Å². The normalized spacial score (nSPS) is 15.7. The maximum absolute atomic E-state index is 12.7. The van der Waals surface area contributed by atoms with Gasteiger partial charge in [-0.05, 0) is 48.9 Å². The third-order valence-corrected chi connectivity index (χ3v) is 7.05. The molecule has 2 aromatic carbocycles. The van der Waals surface area contributed by atoms with E-state index in [4.69, 9.17) is 4.74 Å². The summed E-state index contributed by atoms with van der Waals surface area (Å²) in [4.78, 5) is 14.7. The van der Waals surface area contributed by atoms with Gasteiger partial charge in [0.05, 0.1) is 4.90 Å². The lowest BCUT2D eigenvalue weighted by atomic mass is 9.85. The fourth-order valence-electron chi connectivity index (χ4n) is 3.72. The maximum atomic E-state index is 12.7. The van der Waals surface area contributed by atoms with Crippen LogP contribution in [0.15, 0.2) is 53.4 Å². The third kappa shape index (κ3) is 6.08. The number of nitrogens with one attached hydrogen (secondary N) is 1. The van der Waals surface area contributed by atoms with Crippen LogP contribution in [0.5, 0.6) is 5.75 Å². The van der Waals surface area contributed by atoms with E-state index in [0.29, 0.717) is 25.9 Å². The van der Waals surface area contributed by atoms with Crippen molar-refractivity contribution in [3.8, 4) is 5.75 Å². The summed E-state index contributed by atoms with van der Waals surface area (Å²) in [5.41, 5.74) is 2.15. The standard InChI is InChI=1S/C24H32N2O4S/c1-18-10-11-22(21(16-18)24(2,3)4)30-17-23(27)26-14-12-19(13-15-26)25-31(28,29)20-8-6-5-7-9-20/h5-11,16,19,25H,12-15,17H2,1-4H3. The molecule has 31 heavy (non-hydrogen) atoms. The summed E-state index contributed by atoms with van der Waals surface area (Å²) in [6.45, 7) is 9.40. The first-order valence-electron chi connectivity index (χ1n) is 10.7. The number of amides is 1. The second kappa shape index (κ2) is 9.40. The molecule has 0 unspecified atom stereocenters. The molecule has 0 radical (unpaired) electrons. The molecule has 1 N–H and O–H groups in total. The number of carbonyl (C=O) groups excluding carboxylic acids is 1. The van der Waals surface area contributed by atoms with Crippen LogP contribution >= 0.6 is 0 Å². The molecule has 0 aliphatic carbocycles. The first-order valence-corrected chi connectivity index (χ1v) is 12.1. The van der Waals surface area contributed by atoms with Gasteiger partial charge in [0.1, 0.15) is 5.75 Å². The van der Waals surface area contributed by atoms with Crippen LogP contribution in [-0.4, -0.2) is 45.0 Å². The molecular weight excluding hydrogens is 412 g/mol. The molecule has 168 valence electrons. The summed E-state index contributed by atoms with van der Waals surface area (Å²) >= 11 is 0. The van der Waals surface area contributed by atoms with Gasteiger partial charge in [0, 0.05) is 19.1 Å². The van der Waals surface area contributed by atoms with Crippen molar-refractivity contribution in [2.45, 2.75) is 56.9 Å². The van der Waals surface area contributed by atoms with Gasteiger partial charge in [0.2, 0.25) is 10.0 Å². The van der Waals surface area contributed by atoms with Gasteiger partial charge >= 0.3 is 0 Å². The Morgan fingerprint density at radius 3 is 2.35 bits per heavy atom. The molecule has 1 heterocycles. The molecule has 0 atom stereocenters. The Kier molecular flexibility index (Phi) is 7.06. The fourth-order valence-corrected chi connectivity index (χ4v) is 5.05. The van der Waals surface area contributed by atoms with E-state index in [9.17, 15) is 13.2 Å². The monoisotopic (exact) mass is 444 g/mol. The number of hydrogen-bond acceptors (Lipinski definition) is 4. The van der Waals surface area contributed by atoms with Gasteiger partial charge in [0.25, 0.3) is 5.91 Å². The molecule has 0 aromatic heterocycles. The van der Waals surface area contributed by atoms with E-state index < -0.39 is 10.0 Å². The number of benzene rings is 2. The zero-order valence-corrected chi connectivity index (χ0v) is 19.5. The number of rotatable bonds is 6. The highest BCUT2D eigenvalue weighted by Crippen LogP contribution is 2.32. The van der Waals surface area contributed by atoms with Crippen molar-refractivity contribution >= 4 is 15.9 Å². The van der Waals surface area contributed by atoms with Gasteiger partial charge in [-0.15, -0.1) is 0 Å². The summed E-state index contributed by atoms with van der Waals surface area (Å²) in [5.74, 6) is 0.654. The highest BCUT2D eigenvalue weighted by molar-refractivity contribution is 7.89. The Bertz CT molecular complexity index is 1010. The van der Waals surface area contributed by atoms with Crippen molar-refractivity contribution in [2.24, 2.45) is 0 Å². The number of ether oxygens (including phenoxy) is 1. The van der Waals surface area contributed by atoms with E-state index in [-0.39, 0.29) is 28.9 Å². The highest BCUT2D eigenvalue weighted by atomic mass is 32.2. The SMILES string of the molecule is Cc1ccc(OCC(=O)N2CCC(NS(=O)(=O)c3ccccc3)CC2)c(C(C)(C)C)c1. The molecule has 1 saturated heterocycles. The van der Waals surface area contributed by atoms with Crippen LogP contribution in [0, 0.1) is 6.92 Å². The first kappa shape index (κ1) is 23.3. The summed E-state index contributed by atoms with van der Waals surface area (Å²) in [6, 6.07) is 14.2. The van der Waals surface area contributed by atoms with Crippen LogP contribution in [0.3, 0.4) is 0 Å². The smallest absolute Gasteiger partial charge is 0.260 e. The Balaban J connectivity index is 1.53. The second-order valence-electron chi connectivity index (χ2n) is 9.13. The lowest BCUT2D eigenvalue weighted by molar-refractivity contribution is -0.134. The molecule has 7 heteroatoms. The number of likely N-dealkylation sites (tertiary alicyclic amines) is 1. The van der Waals surface area contributed by atoms with Crippen LogP contribution in [0.25, 0.3) is 0 Å². The minimum absolute atomic E-state index is 0.0213.